The lowest BCUT2D eigenvalue weighted by molar-refractivity contribution is 0.0477. The number of hydrogen-bond donors (Lipinski definition) is 1. The predicted molar refractivity (Wildman–Crippen MR) is 95.7 cm³/mol. The van der Waals surface area contributed by atoms with Gasteiger partial charge in [-0.1, -0.05) is 30.3 Å². The normalized spacial score (nSPS) is 23.0. The molecule has 1 saturated carbocycles. The minimum Gasteiger partial charge on any atom is -0.444 e. The molecule has 1 amide bonds. The Hall–Kier alpha value is -1.55. The van der Waals surface area contributed by atoms with Gasteiger partial charge in [-0.15, -0.1) is 0 Å². The molecule has 1 aliphatic heterocycles. The summed E-state index contributed by atoms with van der Waals surface area (Å²) in [6.07, 6.45) is 3.36. The summed E-state index contributed by atoms with van der Waals surface area (Å²) in [6, 6.07) is 10.9. The number of likely N-dealkylation sites (tertiary alicyclic amines) is 1. The molecule has 0 radical (unpaired) electrons. The molecule has 2 unspecified atom stereocenters. The molecule has 0 aromatic heterocycles. The fourth-order valence-electron chi connectivity index (χ4n) is 3.66. The third kappa shape index (κ3) is 4.97. The number of rotatable bonds is 5. The Morgan fingerprint density at radius 2 is 1.92 bits per heavy atom. The Labute approximate surface area is 145 Å². The topological polar surface area (TPSA) is 41.6 Å². The number of benzene rings is 1. The maximum atomic E-state index is 12.2. The predicted octanol–water partition coefficient (Wildman–Crippen LogP) is 3.81. The zero-order valence-electron chi connectivity index (χ0n) is 15.1. The van der Waals surface area contributed by atoms with Crippen LogP contribution in [0.1, 0.15) is 45.6 Å². The molecule has 1 heterocycles. The van der Waals surface area contributed by atoms with Crippen LogP contribution in [0.25, 0.3) is 0 Å². The van der Waals surface area contributed by atoms with E-state index >= 15 is 0 Å². The summed E-state index contributed by atoms with van der Waals surface area (Å²) in [5.41, 5.74) is 0.925. The van der Waals surface area contributed by atoms with Gasteiger partial charge in [0.15, 0.2) is 0 Å². The average molecular weight is 330 g/mol. The second-order valence-electron chi connectivity index (χ2n) is 8.28. The average Bonchev–Trinajstić information content (AvgIpc) is 3.24. The number of ether oxygens (including phenoxy) is 1. The molecule has 1 N–H and O–H groups in total. The lowest BCUT2D eigenvalue weighted by Crippen LogP contribution is -2.45. The molecule has 1 aliphatic carbocycles. The SMILES string of the molecule is CC(C)(C)OC(=O)NC(C1CC1)C1CCN(Cc2ccccc2)C1. The molecule has 3 rings (SSSR count). The van der Waals surface area contributed by atoms with Crippen LogP contribution in [0.3, 0.4) is 0 Å². The summed E-state index contributed by atoms with van der Waals surface area (Å²) in [4.78, 5) is 14.7. The van der Waals surface area contributed by atoms with E-state index in [9.17, 15) is 4.79 Å². The van der Waals surface area contributed by atoms with Gasteiger partial charge in [-0.05, 0) is 64.0 Å². The first-order chi connectivity index (χ1) is 11.4. The van der Waals surface area contributed by atoms with Gasteiger partial charge in [-0.3, -0.25) is 4.90 Å². The van der Waals surface area contributed by atoms with Crippen LogP contribution in [0.2, 0.25) is 0 Å². The zero-order valence-corrected chi connectivity index (χ0v) is 15.1. The lowest BCUT2D eigenvalue weighted by atomic mass is 9.95. The lowest BCUT2D eigenvalue weighted by Gasteiger charge is -2.27. The van der Waals surface area contributed by atoms with Crippen LogP contribution in [-0.4, -0.2) is 35.7 Å². The van der Waals surface area contributed by atoms with Gasteiger partial charge in [0.2, 0.25) is 0 Å². The quantitative estimate of drug-likeness (QED) is 0.892. The highest BCUT2D eigenvalue weighted by molar-refractivity contribution is 5.68. The number of carbonyl (C=O) groups excluding carboxylic acids is 1. The zero-order chi connectivity index (χ0) is 17.2. The van der Waals surface area contributed by atoms with Crippen LogP contribution in [-0.2, 0) is 11.3 Å². The first-order valence-electron chi connectivity index (χ1n) is 9.16. The van der Waals surface area contributed by atoms with Gasteiger partial charge in [0.25, 0.3) is 0 Å². The van der Waals surface area contributed by atoms with Gasteiger partial charge in [0.05, 0.1) is 0 Å². The van der Waals surface area contributed by atoms with Crippen molar-refractivity contribution in [3.05, 3.63) is 35.9 Å². The van der Waals surface area contributed by atoms with E-state index in [1.54, 1.807) is 0 Å². The number of alkyl carbamates (subject to hydrolysis) is 1. The molecule has 0 spiro atoms. The molecule has 2 atom stereocenters. The summed E-state index contributed by atoms with van der Waals surface area (Å²) >= 11 is 0. The molecule has 2 fully saturated rings. The van der Waals surface area contributed by atoms with Crippen molar-refractivity contribution in [1.82, 2.24) is 10.2 Å². The van der Waals surface area contributed by atoms with Crippen molar-refractivity contribution in [1.29, 1.82) is 0 Å². The van der Waals surface area contributed by atoms with E-state index in [1.165, 1.54) is 18.4 Å². The van der Waals surface area contributed by atoms with E-state index in [2.05, 4.69) is 40.5 Å². The van der Waals surface area contributed by atoms with Crippen molar-refractivity contribution in [2.45, 2.75) is 58.2 Å². The minimum absolute atomic E-state index is 0.263. The van der Waals surface area contributed by atoms with Crippen LogP contribution < -0.4 is 5.32 Å². The van der Waals surface area contributed by atoms with E-state index in [1.807, 2.05) is 20.8 Å². The van der Waals surface area contributed by atoms with Gasteiger partial charge >= 0.3 is 6.09 Å². The molecule has 4 nitrogen and oxygen atoms in total. The van der Waals surface area contributed by atoms with Gasteiger partial charge in [-0.25, -0.2) is 4.79 Å². The molecule has 24 heavy (non-hydrogen) atoms. The second-order valence-corrected chi connectivity index (χ2v) is 8.28. The number of carbonyl (C=O) groups is 1. The standard InChI is InChI=1S/C20H30N2O2/c1-20(2,3)24-19(23)21-18(16-9-10-16)17-11-12-22(14-17)13-15-7-5-4-6-8-15/h4-8,16-18H,9-14H2,1-3H3,(H,21,23). The summed E-state index contributed by atoms with van der Waals surface area (Å²) < 4.78 is 5.46. The number of nitrogens with zero attached hydrogens (tertiary/aromatic N) is 1. The maximum Gasteiger partial charge on any atom is 0.407 e. The summed E-state index contributed by atoms with van der Waals surface area (Å²) in [7, 11) is 0. The Morgan fingerprint density at radius 1 is 1.21 bits per heavy atom. The Morgan fingerprint density at radius 3 is 2.54 bits per heavy atom. The number of amides is 1. The summed E-state index contributed by atoms with van der Waals surface area (Å²) in [5, 5.41) is 3.17. The largest absolute Gasteiger partial charge is 0.444 e. The molecule has 1 saturated heterocycles. The molecule has 2 aliphatic rings. The first kappa shape index (κ1) is 17.3. The van der Waals surface area contributed by atoms with Crippen molar-refractivity contribution >= 4 is 6.09 Å². The molecule has 1 aromatic carbocycles. The second kappa shape index (κ2) is 7.14. The molecule has 1 aromatic rings. The van der Waals surface area contributed by atoms with Crippen LogP contribution in [0.5, 0.6) is 0 Å². The molecule has 132 valence electrons. The van der Waals surface area contributed by atoms with E-state index < -0.39 is 5.60 Å². The molecular weight excluding hydrogens is 300 g/mol. The van der Waals surface area contributed by atoms with Crippen LogP contribution >= 0.6 is 0 Å². The molecule has 4 heteroatoms. The molecule has 0 bridgehead atoms. The molecular formula is C20H30N2O2. The smallest absolute Gasteiger partial charge is 0.407 e. The van der Waals surface area contributed by atoms with Crippen molar-refractivity contribution in [2.24, 2.45) is 11.8 Å². The van der Waals surface area contributed by atoms with Crippen LogP contribution in [0, 0.1) is 11.8 Å². The van der Waals surface area contributed by atoms with Gasteiger partial charge in [0.1, 0.15) is 5.60 Å². The number of hydrogen-bond acceptors (Lipinski definition) is 3. The van der Waals surface area contributed by atoms with Crippen LogP contribution in [0.4, 0.5) is 4.79 Å². The first-order valence-corrected chi connectivity index (χ1v) is 9.16. The summed E-state index contributed by atoms with van der Waals surface area (Å²) in [6.45, 7) is 8.91. The highest BCUT2D eigenvalue weighted by Gasteiger charge is 2.40. The fraction of sp³-hybridized carbons (Fsp3) is 0.650. The maximum absolute atomic E-state index is 12.2. The van der Waals surface area contributed by atoms with Crippen molar-refractivity contribution in [3.63, 3.8) is 0 Å². The van der Waals surface area contributed by atoms with Crippen molar-refractivity contribution in [3.8, 4) is 0 Å². The van der Waals surface area contributed by atoms with E-state index in [4.69, 9.17) is 4.74 Å². The van der Waals surface area contributed by atoms with Gasteiger partial charge < -0.3 is 10.1 Å². The Balaban J connectivity index is 1.54. The van der Waals surface area contributed by atoms with E-state index in [-0.39, 0.29) is 12.1 Å². The Kier molecular flexibility index (Phi) is 5.14. The van der Waals surface area contributed by atoms with E-state index in [0.717, 1.165) is 26.1 Å². The minimum atomic E-state index is -0.437. The highest BCUT2D eigenvalue weighted by atomic mass is 16.6. The third-order valence-corrected chi connectivity index (χ3v) is 4.88. The van der Waals surface area contributed by atoms with Crippen molar-refractivity contribution < 1.29 is 9.53 Å². The highest BCUT2D eigenvalue weighted by Crippen LogP contribution is 2.38. The summed E-state index contributed by atoms with van der Waals surface area (Å²) in [5.74, 6) is 1.17. The number of nitrogens with one attached hydrogen (secondary N) is 1. The Bertz CT molecular complexity index is 549. The van der Waals surface area contributed by atoms with Crippen molar-refractivity contribution in [2.75, 3.05) is 13.1 Å². The van der Waals surface area contributed by atoms with Gasteiger partial charge in [-0.2, -0.15) is 0 Å². The van der Waals surface area contributed by atoms with Gasteiger partial charge in [0, 0.05) is 19.1 Å². The van der Waals surface area contributed by atoms with E-state index in [0.29, 0.717) is 11.8 Å². The fourth-order valence-corrected chi connectivity index (χ4v) is 3.66. The monoisotopic (exact) mass is 330 g/mol. The van der Waals surface area contributed by atoms with Crippen LogP contribution in [0.15, 0.2) is 30.3 Å². The third-order valence-electron chi connectivity index (χ3n) is 4.88.